The Hall–Kier alpha value is -1.18. The minimum atomic E-state index is -1.45. The van der Waals surface area contributed by atoms with Crippen molar-refractivity contribution in [2.75, 3.05) is 31.1 Å². The second kappa shape index (κ2) is 7.50. The van der Waals surface area contributed by atoms with Crippen molar-refractivity contribution in [1.82, 2.24) is 9.47 Å². The molecule has 0 aliphatic carbocycles. The monoisotopic (exact) mass is 477 g/mol. The van der Waals surface area contributed by atoms with Crippen LogP contribution in [0, 0.1) is 0 Å². The van der Waals surface area contributed by atoms with Crippen LogP contribution in [0.4, 0.5) is 5.69 Å². The van der Waals surface area contributed by atoms with Crippen LogP contribution in [0.5, 0.6) is 0 Å². The van der Waals surface area contributed by atoms with Crippen LogP contribution in [-0.4, -0.2) is 50.6 Å². The molecule has 1 fully saturated rings. The van der Waals surface area contributed by atoms with E-state index in [-0.39, 0.29) is 11.6 Å². The Bertz CT molecular complexity index is 1060. The number of aromatic nitrogens is 1. The predicted molar refractivity (Wildman–Crippen MR) is 117 cm³/mol. The average molecular weight is 479 g/mol. The number of benzene rings is 1. The molecular weight excluding hydrogens is 460 g/mol. The number of piperazine rings is 1. The van der Waals surface area contributed by atoms with Crippen molar-refractivity contribution in [2.24, 2.45) is 0 Å². The number of hydrogen-bond donors (Lipinski definition) is 1. The molecule has 6 nitrogen and oxygen atoms in total. The van der Waals surface area contributed by atoms with E-state index in [1.54, 1.807) is 11.0 Å². The number of pyridine rings is 1. The first-order chi connectivity index (χ1) is 13.6. The molecule has 3 heterocycles. The lowest BCUT2D eigenvalue weighted by Gasteiger charge is -2.41. The van der Waals surface area contributed by atoms with Crippen LogP contribution in [0.15, 0.2) is 17.1 Å². The third-order valence-electron chi connectivity index (χ3n) is 5.81. The Kier molecular flexibility index (Phi) is 5.45. The zero-order valence-electron chi connectivity index (χ0n) is 15.6. The van der Waals surface area contributed by atoms with Gasteiger partial charge < -0.3 is 14.6 Å². The van der Waals surface area contributed by atoms with Gasteiger partial charge in [0.15, 0.2) is 0 Å². The van der Waals surface area contributed by atoms with Crippen molar-refractivity contribution in [3.8, 4) is 0 Å². The molecule has 0 bridgehead atoms. The number of alkyl halides is 3. The second-order valence-electron chi connectivity index (χ2n) is 7.50. The van der Waals surface area contributed by atoms with Crippen LogP contribution in [-0.2, 0) is 6.42 Å². The molecule has 4 rings (SSSR count). The molecule has 0 amide bonds. The molecule has 2 aliphatic heterocycles. The van der Waals surface area contributed by atoms with Gasteiger partial charge in [-0.15, -0.1) is 0 Å². The van der Waals surface area contributed by atoms with Gasteiger partial charge in [0.25, 0.3) is 0 Å². The number of nitrogens with zero attached hydrogens (tertiary/aromatic N) is 3. The summed E-state index contributed by atoms with van der Waals surface area (Å²) >= 11 is 24.6. The van der Waals surface area contributed by atoms with Gasteiger partial charge in [0.1, 0.15) is 5.56 Å². The molecule has 0 radical (unpaired) electrons. The predicted octanol–water partition coefficient (Wildman–Crippen LogP) is 4.31. The molecule has 0 spiro atoms. The number of hydrogen-bond acceptors (Lipinski definition) is 4. The molecule has 2 aliphatic rings. The summed E-state index contributed by atoms with van der Waals surface area (Å²) in [5.41, 5.74) is 1.88. The lowest BCUT2D eigenvalue weighted by atomic mass is 9.93. The number of anilines is 1. The molecule has 1 atom stereocenters. The molecule has 10 heteroatoms. The molecule has 1 aromatic carbocycles. The fraction of sp³-hybridized carbons (Fsp3) is 0.474. The normalized spacial score (nSPS) is 20.3. The van der Waals surface area contributed by atoms with Gasteiger partial charge in [0.05, 0.1) is 16.2 Å². The van der Waals surface area contributed by atoms with E-state index in [4.69, 9.17) is 46.4 Å². The third kappa shape index (κ3) is 3.59. The average Bonchev–Trinajstić information content (AvgIpc) is 2.65. The largest absolute Gasteiger partial charge is 0.477 e. The maximum absolute atomic E-state index is 12.8. The number of rotatable bonds is 2. The number of carbonyl (C=O) groups is 1. The maximum atomic E-state index is 12.8. The van der Waals surface area contributed by atoms with Crippen molar-refractivity contribution < 1.29 is 9.90 Å². The fourth-order valence-corrected chi connectivity index (χ4v) is 5.16. The smallest absolute Gasteiger partial charge is 0.341 e. The first-order valence-corrected chi connectivity index (χ1v) is 10.8. The van der Waals surface area contributed by atoms with E-state index in [9.17, 15) is 14.7 Å². The maximum Gasteiger partial charge on any atom is 0.341 e. The van der Waals surface area contributed by atoms with Crippen LogP contribution < -0.4 is 10.3 Å². The Morgan fingerprint density at radius 1 is 1.21 bits per heavy atom. The van der Waals surface area contributed by atoms with Crippen LogP contribution in [0.2, 0.25) is 5.02 Å². The molecule has 1 aromatic heterocycles. The van der Waals surface area contributed by atoms with E-state index in [0.717, 1.165) is 29.6 Å². The summed E-state index contributed by atoms with van der Waals surface area (Å²) in [4.78, 5) is 28.3. The van der Waals surface area contributed by atoms with Crippen LogP contribution in [0.1, 0.15) is 35.3 Å². The quantitative estimate of drug-likeness (QED) is 0.514. The lowest BCUT2D eigenvalue weighted by Crippen LogP contribution is -2.51. The summed E-state index contributed by atoms with van der Waals surface area (Å²) in [6, 6.07) is 1.68. The van der Waals surface area contributed by atoms with E-state index in [1.165, 1.54) is 6.20 Å². The number of aryl methyl sites for hydroxylation is 1. The van der Waals surface area contributed by atoms with Crippen molar-refractivity contribution in [2.45, 2.75) is 29.7 Å². The van der Waals surface area contributed by atoms with Crippen LogP contribution >= 0.6 is 46.4 Å². The molecule has 29 heavy (non-hydrogen) atoms. The number of halogens is 4. The van der Waals surface area contributed by atoms with E-state index < -0.39 is 15.3 Å². The number of carboxylic acids is 1. The van der Waals surface area contributed by atoms with Gasteiger partial charge in [-0.25, -0.2) is 4.79 Å². The lowest BCUT2D eigenvalue weighted by molar-refractivity contribution is 0.0694. The van der Waals surface area contributed by atoms with Gasteiger partial charge in [0, 0.05) is 49.4 Å². The molecule has 1 saturated heterocycles. The highest BCUT2D eigenvalue weighted by Crippen LogP contribution is 2.41. The first kappa shape index (κ1) is 21.1. The Balaban J connectivity index is 1.86. The van der Waals surface area contributed by atoms with Crippen LogP contribution in [0.25, 0.3) is 10.9 Å². The van der Waals surface area contributed by atoms with E-state index >= 15 is 0 Å². The molecule has 1 N–H and O–H groups in total. The molecule has 156 valence electrons. The Labute approximate surface area is 187 Å². The number of carboxylic acid groups (broad SMARTS) is 1. The van der Waals surface area contributed by atoms with Gasteiger partial charge >= 0.3 is 5.97 Å². The van der Waals surface area contributed by atoms with Gasteiger partial charge in [-0.1, -0.05) is 46.4 Å². The minimum Gasteiger partial charge on any atom is -0.477 e. The van der Waals surface area contributed by atoms with Gasteiger partial charge in [0.2, 0.25) is 9.35 Å². The van der Waals surface area contributed by atoms with E-state index in [0.29, 0.717) is 36.6 Å². The summed E-state index contributed by atoms with van der Waals surface area (Å²) in [5.74, 6) is -1.23. The zero-order chi connectivity index (χ0) is 21.1. The molecular formula is C19H19Cl4N3O3. The van der Waals surface area contributed by atoms with Gasteiger partial charge in [-0.3, -0.25) is 9.69 Å². The highest BCUT2D eigenvalue weighted by molar-refractivity contribution is 6.67. The summed E-state index contributed by atoms with van der Waals surface area (Å²) in [7, 11) is 0. The standard InChI is InChI=1S/C19H19Cl4N3O3/c1-10-2-3-11-15-12(17(27)13(18(28)29)9-26(10)15)8-14(20)16(11)24-4-6-25(7-5-24)19(21,22)23/h8-10H,2-7H2,1H3,(H,28,29). The summed E-state index contributed by atoms with van der Waals surface area (Å²) < 4.78 is 0.451. The molecule has 2 aromatic rings. The highest BCUT2D eigenvalue weighted by atomic mass is 35.6. The number of aromatic carboxylic acids is 1. The van der Waals surface area contributed by atoms with E-state index in [2.05, 4.69) is 4.90 Å². The minimum absolute atomic E-state index is 0.0823. The topological polar surface area (TPSA) is 65.8 Å². The third-order valence-corrected chi connectivity index (χ3v) is 6.82. The summed E-state index contributed by atoms with van der Waals surface area (Å²) in [5, 5.41) is 10.2. The summed E-state index contributed by atoms with van der Waals surface area (Å²) in [6.07, 6.45) is 3.04. The molecule has 0 saturated carbocycles. The SMILES string of the molecule is CC1CCc2c(N3CCN(C(Cl)(Cl)Cl)CC3)c(Cl)cc3c(=O)c(C(=O)O)cn1c23. The van der Waals surface area contributed by atoms with Crippen molar-refractivity contribution >= 4 is 69.0 Å². The Morgan fingerprint density at radius 2 is 1.86 bits per heavy atom. The second-order valence-corrected chi connectivity index (χ2v) is 10.1. The highest BCUT2D eigenvalue weighted by Gasteiger charge is 2.34. The van der Waals surface area contributed by atoms with Crippen molar-refractivity contribution in [1.29, 1.82) is 0 Å². The fourth-order valence-electron chi connectivity index (χ4n) is 4.31. The summed E-state index contributed by atoms with van der Waals surface area (Å²) in [6.45, 7) is 4.39. The van der Waals surface area contributed by atoms with Gasteiger partial charge in [-0.2, -0.15) is 0 Å². The Morgan fingerprint density at radius 3 is 2.45 bits per heavy atom. The van der Waals surface area contributed by atoms with Gasteiger partial charge in [-0.05, 0) is 25.8 Å². The zero-order valence-corrected chi connectivity index (χ0v) is 18.6. The van der Waals surface area contributed by atoms with E-state index in [1.807, 2.05) is 11.5 Å². The molecule has 1 unspecified atom stereocenters. The first-order valence-electron chi connectivity index (χ1n) is 9.30. The van der Waals surface area contributed by atoms with Crippen LogP contribution in [0.3, 0.4) is 0 Å². The van der Waals surface area contributed by atoms with Crippen molar-refractivity contribution in [3.63, 3.8) is 0 Å². The van der Waals surface area contributed by atoms with Crippen molar-refractivity contribution in [3.05, 3.63) is 38.6 Å².